The van der Waals surface area contributed by atoms with Gasteiger partial charge < -0.3 is 9.84 Å². The van der Waals surface area contributed by atoms with Gasteiger partial charge in [-0.1, -0.05) is 48.3 Å². The number of halogens is 3. The van der Waals surface area contributed by atoms with Gasteiger partial charge in [-0.25, -0.2) is 4.39 Å². The summed E-state index contributed by atoms with van der Waals surface area (Å²) in [6.07, 6.45) is 2.30. The second kappa shape index (κ2) is 6.81. The number of ether oxygens (including phenoxy) is 1. The van der Waals surface area contributed by atoms with Crippen molar-refractivity contribution >= 4 is 34.6 Å². The summed E-state index contributed by atoms with van der Waals surface area (Å²) in [5.74, 6) is -1.36. The van der Waals surface area contributed by atoms with Gasteiger partial charge in [0.15, 0.2) is 11.6 Å². The van der Waals surface area contributed by atoms with Crippen LogP contribution in [0.25, 0.3) is 16.7 Å². The van der Waals surface area contributed by atoms with Gasteiger partial charge in [-0.2, -0.15) is 0 Å². The van der Waals surface area contributed by atoms with Crippen molar-refractivity contribution in [2.45, 2.75) is 51.2 Å². The lowest BCUT2D eigenvalue weighted by Crippen LogP contribution is -2.39. The average molecular weight is 461 g/mol. The summed E-state index contributed by atoms with van der Waals surface area (Å²) in [6, 6.07) is 8.71. The molecule has 0 saturated carbocycles. The van der Waals surface area contributed by atoms with Gasteiger partial charge in [0, 0.05) is 5.56 Å². The van der Waals surface area contributed by atoms with Gasteiger partial charge in [0.05, 0.1) is 38.7 Å². The second-order valence-electron chi connectivity index (χ2n) is 9.26. The van der Waals surface area contributed by atoms with Gasteiger partial charge >= 0.3 is 0 Å². The molecule has 6 heteroatoms. The first kappa shape index (κ1) is 21.0. The molecule has 2 bridgehead atoms. The number of Topliss-reactive ketones (excluding diaryl/α,β-unsaturated/α-hetero) is 1. The van der Waals surface area contributed by atoms with Gasteiger partial charge in [0.1, 0.15) is 5.76 Å². The maximum absolute atomic E-state index is 14.3. The van der Waals surface area contributed by atoms with Crippen LogP contribution in [0.1, 0.15) is 44.7 Å². The van der Waals surface area contributed by atoms with Gasteiger partial charge in [-0.15, -0.1) is 0 Å². The fourth-order valence-corrected chi connectivity index (χ4v) is 6.37. The molecule has 2 aromatic carbocycles. The molecule has 0 amide bonds. The topological polar surface area (TPSA) is 46.5 Å². The zero-order valence-corrected chi connectivity index (χ0v) is 19.1. The van der Waals surface area contributed by atoms with Crippen molar-refractivity contribution in [3.05, 3.63) is 63.1 Å². The minimum Gasteiger partial charge on any atom is -0.511 e. The highest BCUT2D eigenvalue weighted by Crippen LogP contribution is 2.63. The number of aliphatic hydroxyl groups excluding tert-OH is 1. The van der Waals surface area contributed by atoms with Crippen LogP contribution in [0.15, 0.2) is 36.1 Å². The van der Waals surface area contributed by atoms with Crippen LogP contribution in [-0.2, 0) is 16.0 Å². The third-order valence-corrected chi connectivity index (χ3v) is 8.08. The summed E-state index contributed by atoms with van der Waals surface area (Å²) in [7, 11) is 0. The van der Waals surface area contributed by atoms with Crippen molar-refractivity contribution in [2.24, 2.45) is 11.8 Å². The first-order valence-corrected chi connectivity index (χ1v) is 11.3. The SMILES string of the molecule is CCc1ccc(-c2ccc(Cl)c(F)c2Cl)cc1C1=C(O)[C@@H]2[C@H](C1=O)C1(C)CC[C@]2(C)O1. The number of aryl methyl sites for hydroxylation is 1. The third kappa shape index (κ3) is 2.78. The smallest absolute Gasteiger partial charge is 0.173 e. The lowest BCUT2D eigenvalue weighted by Gasteiger charge is -2.30. The Hall–Kier alpha value is -1.88. The van der Waals surface area contributed by atoms with Gasteiger partial charge in [0.2, 0.25) is 0 Å². The predicted octanol–water partition coefficient (Wildman–Crippen LogP) is 6.79. The highest BCUT2D eigenvalue weighted by Gasteiger charge is 2.69. The van der Waals surface area contributed by atoms with E-state index in [4.69, 9.17) is 27.9 Å². The number of benzene rings is 2. The van der Waals surface area contributed by atoms with Crippen LogP contribution in [0.4, 0.5) is 4.39 Å². The normalized spacial score (nSPS) is 31.6. The van der Waals surface area contributed by atoms with E-state index in [-0.39, 0.29) is 33.4 Å². The summed E-state index contributed by atoms with van der Waals surface area (Å²) in [5.41, 5.74) is 2.03. The molecule has 1 unspecified atom stereocenters. The van der Waals surface area contributed by atoms with E-state index in [2.05, 4.69) is 0 Å². The molecule has 5 rings (SSSR count). The maximum Gasteiger partial charge on any atom is 0.173 e. The van der Waals surface area contributed by atoms with E-state index < -0.39 is 17.0 Å². The van der Waals surface area contributed by atoms with E-state index in [9.17, 15) is 14.3 Å². The molecule has 2 fully saturated rings. The Morgan fingerprint density at radius 2 is 1.77 bits per heavy atom. The molecule has 2 saturated heterocycles. The zero-order chi connectivity index (χ0) is 22.3. The van der Waals surface area contributed by atoms with Gasteiger partial charge in [-0.3, -0.25) is 4.79 Å². The highest BCUT2D eigenvalue weighted by atomic mass is 35.5. The summed E-state index contributed by atoms with van der Waals surface area (Å²) >= 11 is 12.1. The van der Waals surface area contributed by atoms with E-state index in [0.717, 1.165) is 18.4 Å². The lowest BCUT2D eigenvalue weighted by molar-refractivity contribution is -0.121. The number of aliphatic hydroxyl groups is 1. The van der Waals surface area contributed by atoms with Crippen LogP contribution in [0.2, 0.25) is 10.0 Å². The monoisotopic (exact) mass is 460 g/mol. The van der Waals surface area contributed by atoms with Gasteiger partial charge in [-0.05, 0) is 61.9 Å². The number of allylic oxidation sites excluding steroid dienone is 1. The van der Waals surface area contributed by atoms with Crippen molar-refractivity contribution in [3.63, 3.8) is 0 Å². The van der Waals surface area contributed by atoms with Gasteiger partial charge in [0.25, 0.3) is 0 Å². The maximum atomic E-state index is 14.3. The molecule has 1 aliphatic carbocycles. The Bertz CT molecular complexity index is 1170. The molecule has 2 aromatic rings. The van der Waals surface area contributed by atoms with E-state index in [0.29, 0.717) is 28.7 Å². The first-order chi connectivity index (χ1) is 14.6. The number of hydrogen-bond acceptors (Lipinski definition) is 3. The molecule has 3 aliphatic rings. The largest absolute Gasteiger partial charge is 0.511 e. The van der Waals surface area contributed by atoms with Crippen LogP contribution in [0.5, 0.6) is 0 Å². The van der Waals surface area contributed by atoms with Crippen molar-refractivity contribution < 1.29 is 19.0 Å². The standard InChI is InChI=1S/C25H23Cl2FO3/c1-4-12-5-6-13(14-7-8-16(26)21(28)20(14)27)11-15(12)17-22(29)18-19(23(17)30)25(3)10-9-24(18,2)31-25/h5-8,11,18-19,29H,4,9-10H2,1-3H3/t18-,19+,24-,25?/m0/s1. The summed E-state index contributed by atoms with van der Waals surface area (Å²) in [5, 5.41) is 11.2. The molecule has 1 N–H and O–H groups in total. The Morgan fingerprint density at radius 3 is 2.42 bits per heavy atom. The van der Waals surface area contributed by atoms with Crippen LogP contribution in [0, 0.1) is 17.7 Å². The average Bonchev–Trinajstić information content (AvgIpc) is 3.29. The van der Waals surface area contributed by atoms with Crippen molar-refractivity contribution in [2.75, 3.05) is 0 Å². The number of ketones is 1. The Balaban J connectivity index is 1.68. The second-order valence-corrected chi connectivity index (χ2v) is 10.0. The van der Waals surface area contributed by atoms with E-state index in [1.54, 1.807) is 6.07 Å². The summed E-state index contributed by atoms with van der Waals surface area (Å²) in [4.78, 5) is 13.6. The number of rotatable bonds is 3. The van der Waals surface area contributed by atoms with Crippen molar-refractivity contribution in [1.29, 1.82) is 0 Å². The van der Waals surface area contributed by atoms with E-state index in [1.807, 2.05) is 39.0 Å². The predicted molar refractivity (Wildman–Crippen MR) is 120 cm³/mol. The molecular formula is C25H23Cl2FO3. The van der Waals surface area contributed by atoms with Crippen LogP contribution in [0.3, 0.4) is 0 Å². The van der Waals surface area contributed by atoms with E-state index >= 15 is 0 Å². The number of fused-ring (bicyclic) bond motifs is 5. The molecule has 0 aromatic heterocycles. The summed E-state index contributed by atoms with van der Waals surface area (Å²) in [6.45, 7) is 5.97. The molecule has 31 heavy (non-hydrogen) atoms. The van der Waals surface area contributed by atoms with Crippen LogP contribution in [-0.4, -0.2) is 22.1 Å². The number of carbonyl (C=O) groups excluding carboxylic acids is 1. The van der Waals surface area contributed by atoms with Crippen molar-refractivity contribution in [3.8, 4) is 11.1 Å². The quantitative estimate of drug-likeness (QED) is 0.512. The fraction of sp³-hybridized carbons (Fsp3) is 0.400. The Morgan fingerprint density at radius 1 is 1.10 bits per heavy atom. The zero-order valence-electron chi connectivity index (χ0n) is 17.6. The highest BCUT2D eigenvalue weighted by molar-refractivity contribution is 6.36. The minimum absolute atomic E-state index is 0.0461. The van der Waals surface area contributed by atoms with Crippen LogP contribution < -0.4 is 0 Å². The third-order valence-electron chi connectivity index (χ3n) is 7.42. The molecule has 2 heterocycles. The van der Waals surface area contributed by atoms with Crippen LogP contribution >= 0.6 is 23.2 Å². The molecule has 3 nitrogen and oxygen atoms in total. The van der Waals surface area contributed by atoms with E-state index in [1.165, 1.54) is 6.07 Å². The Labute approximate surface area is 190 Å². The lowest BCUT2D eigenvalue weighted by atomic mass is 9.68. The number of hydrogen-bond donors (Lipinski definition) is 1. The molecular weight excluding hydrogens is 438 g/mol. The number of carbonyl (C=O) groups is 1. The Kier molecular flexibility index (Phi) is 4.61. The van der Waals surface area contributed by atoms with Crippen molar-refractivity contribution in [1.82, 2.24) is 0 Å². The molecule has 2 aliphatic heterocycles. The molecule has 0 radical (unpaired) electrons. The molecule has 162 valence electrons. The molecule has 4 atom stereocenters. The summed E-state index contributed by atoms with van der Waals surface area (Å²) < 4.78 is 20.5. The molecule has 0 spiro atoms. The minimum atomic E-state index is -0.676. The first-order valence-electron chi connectivity index (χ1n) is 10.6. The fourth-order valence-electron chi connectivity index (χ4n) is 5.89.